The first-order valence-corrected chi connectivity index (χ1v) is 9.49. The second-order valence-electron chi connectivity index (χ2n) is 7.22. The van der Waals surface area contributed by atoms with Crippen molar-refractivity contribution in [1.82, 2.24) is 4.90 Å². The molecule has 0 radical (unpaired) electrons. The second kappa shape index (κ2) is 8.33. The maximum absolute atomic E-state index is 12.6. The maximum Gasteiger partial charge on any atom is 0.253 e. The van der Waals surface area contributed by atoms with Crippen LogP contribution in [0.25, 0.3) is 0 Å². The van der Waals surface area contributed by atoms with Crippen LogP contribution in [0.1, 0.15) is 29.3 Å². The summed E-state index contributed by atoms with van der Waals surface area (Å²) in [6.45, 7) is 2.49. The van der Waals surface area contributed by atoms with Gasteiger partial charge in [0.05, 0.1) is 18.2 Å². The van der Waals surface area contributed by atoms with Crippen molar-refractivity contribution in [2.75, 3.05) is 38.0 Å². The number of para-hydroxylation sites is 1. The summed E-state index contributed by atoms with van der Waals surface area (Å²) in [6, 6.07) is 13.1. The third-order valence-corrected chi connectivity index (χ3v) is 5.06. The zero-order chi connectivity index (χ0) is 20.3. The van der Waals surface area contributed by atoms with E-state index in [9.17, 15) is 9.59 Å². The molecule has 0 aromatic heterocycles. The Bertz CT molecular complexity index is 879. The number of fused-ring (bicyclic) bond motifs is 1. The molecule has 1 aliphatic rings. The average molecular weight is 381 g/mol. The fourth-order valence-electron chi connectivity index (χ4n) is 3.36. The molecule has 1 atom stereocenters. The molecule has 0 saturated heterocycles. The van der Waals surface area contributed by atoms with Crippen LogP contribution in [-0.2, 0) is 11.2 Å². The summed E-state index contributed by atoms with van der Waals surface area (Å²) in [5.41, 5.74) is 3.39. The number of nitrogens with one attached hydrogen (secondary N) is 1. The Morgan fingerprint density at radius 3 is 2.68 bits per heavy atom. The van der Waals surface area contributed by atoms with Crippen molar-refractivity contribution in [3.63, 3.8) is 0 Å². The molecule has 1 aliphatic heterocycles. The third-order valence-electron chi connectivity index (χ3n) is 5.06. The van der Waals surface area contributed by atoms with E-state index < -0.39 is 0 Å². The smallest absolute Gasteiger partial charge is 0.253 e. The van der Waals surface area contributed by atoms with Gasteiger partial charge in [0.15, 0.2) is 0 Å². The van der Waals surface area contributed by atoms with Gasteiger partial charge in [0, 0.05) is 32.4 Å². The van der Waals surface area contributed by atoms with Crippen molar-refractivity contribution in [3.8, 4) is 5.75 Å². The van der Waals surface area contributed by atoms with Gasteiger partial charge in [-0.15, -0.1) is 0 Å². The van der Waals surface area contributed by atoms with E-state index in [1.807, 2.05) is 48.3 Å². The summed E-state index contributed by atoms with van der Waals surface area (Å²) in [4.78, 5) is 28.4. The van der Waals surface area contributed by atoms with Crippen LogP contribution in [0, 0.1) is 0 Å². The van der Waals surface area contributed by atoms with Gasteiger partial charge in [-0.3, -0.25) is 9.59 Å². The van der Waals surface area contributed by atoms with Crippen molar-refractivity contribution in [1.29, 1.82) is 0 Å². The van der Waals surface area contributed by atoms with E-state index >= 15 is 0 Å². The van der Waals surface area contributed by atoms with E-state index in [4.69, 9.17) is 4.74 Å². The second-order valence-corrected chi connectivity index (χ2v) is 7.22. The molecule has 2 amide bonds. The highest BCUT2D eigenvalue weighted by Crippen LogP contribution is 2.34. The van der Waals surface area contributed by atoms with Crippen molar-refractivity contribution in [3.05, 3.63) is 53.6 Å². The van der Waals surface area contributed by atoms with Crippen molar-refractivity contribution in [2.45, 2.75) is 25.8 Å². The Hall–Kier alpha value is -3.02. The molecule has 2 aromatic rings. The molecule has 0 bridgehead atoms. The molecular formula is C22H27N3O3. The highest BCUT2D eigenvalue weighted by atomic mass is 16.5. The lowest BCUT2D eigenvalue weighted by atomic mass is 10.1. The Balaban J connectivity index is 1.73. The van der Waals surface area contributed by atoms with Crippen LogP contribution in [-0.4, -0.2) is 50.5 Å². The summed E-state index contributed by atoms with van der Waals surface area (Å²) in [7, 11) is 5.38. The molecule has 6 heteroatoms. The first-order valence-electron chi connectivity index (χ1n) is 9.49. The van der Waals surface area contributed by atoms with Gasteiger partial charge in [0.25, 0.3) is 5.91 Å². The zero-order valence-corrected chi connectivity index (χ0v) is 16.9. The normalized spacial score (nSPS) is 15.4. The third kappa shape index (κ3) is 4.11. The van der Waals surface area contributed by atoms with E-state index in [1.54, 1.807) is 25.1 Å². The van der Waals surface area contributed by atoms with Crippen LogP contribution >= 0.6 is 0 Å². The molecule has 148 valence electrons. The first-order chi connectivity index (χ1) is 13.4. The van der Waals surface area contributed by atoms with E-state index in [0.29, 0.717) is 18.6 Å². The van der Waals surface area contributed by atoms with Crippen LogP contribution in [0.4, 0.5) is 11.4 Å². The average Bonchev–Trinajstić information content (AvgIpc) is 2.69. The van der Waals surface area contributed by atoms with E-state index in [-0.39, 0.29) is 17.9 Å². The van der Waals surface area contributed by atoms with Gasteiger partial charge in [0.1, 0.15) is 12.4 Å². The molecule has 0 fully saturated rings. The van der Waals surface area contributed by atoms with Gasteiger partial charge < -0.3 is 19.9 Å². The van der Waals surface area contributed by atoms with Crippen molar-refractivity contribution < 1.29 is 14.3 Å². The molecule has 0 spiro atoms. The van der Waals surface area contributed by atoms with Crippen LogP contribution in [0.5, 0.6) is 5.75 Å². The van der Waals surface area contributed by atoms with E-state index in [2.05, 4.69) is 12.2 Å². The summed E-state index contributed by atoms with van der Waals surface area (Å²) in [5, 5.41) is 3.02. The van der Waals surface area contributed by atoms with Gasteiger partial charge in [-0.25, -0.2) is 0 Å². The van der Waals surface area contributed by atoms with Gasteiger partial charge in [0.2, 0.25) is 5.91 Å². The standard InChI is InChI=1S/C22H27N3O3/c1-5-15-8-6-7-9-18(15)23-21(26)13-17-14-28-20-11-10-16(22(27)24(2)3)12-19(20)25(17)4/h6-12,17H,5,13-14H2,1-4H3,(H,23,26)/t17-/m0/s1. The van der Waals surface area contributed by atoms with Crippen LogP contribution < -0.4 is 15.0 Å². The van der Waals surface area contributed by atoms with Gasteiger partial charge >= 0.3 is 0 Å². The minimum Gasteiger partial charge on any atom is -0.489 e. The number of likely N-dealkylation sites (N-methyl/N-ethyl adjacent to an activating group) is 1. The van der Waals surface area contributed by atoms with Crippen molar-refractivity contribution in [2.24, 2.45) is 0 Å². The number of aryl methyl sites for hydroxylation is 1. The number of amides is 2. The summed E-state index contributed by atoms with van der Waals surface area (Å²) < 4.78 is 5.85. The quantitative estimate of drug-likeness (QED) is 0.864. The number of carbonyl (C=O) groups excluding carboxylic acids is 2. The fraction of sp³-hybridized carbons (Fsp3) is 0.364. The predicted molar refractivity (Wildman–Crippen MR) is 111 cm³/mol. The number of ether oxygens (including phenoxy) is 1. The summed E-state index contributed by atoms with van der Waals surface area (Å²) >= 11 is 0. The first kappa shape index (κ1) is 19.7. The highest BCUT2D eigenvalue weighted by molar-refractivity contribution is 5.96. The van der Waals surface area contributed by atoms with Crippen molar-refractivity contribution >= 4 is 23.2 Å². The molecular weight excluding hydrogens is 354 g/mol. The molecule has 3 rings (SSSR count). The van der Waals surface area contributed by atoms with E-state index in [1.165, 1.54) is 0 Å². The number of rotatable bonds is 5. The predicted octanol–water partition coefficient (Wildman–Crippen LogP) is 3.18. The molecule has 2 aromatic carbocycles. The topological polar surface area (TPSA) is 61.9 Å². The van der Waals surface area contributed by atoms with E-state index in [0.717, 1.165) is 29.1 Å². The number of nitrogens with zero attached hydrogens (tertiary/aromatic N) is 2. The lowest BCUT2D eigenvalue weighted by molar-refractivity contribution is -0.116. The Morgan fingerprint density at radius 2 is 1.96 bits per heavy atom. The lowest BCUT2D eigenvalue weighted by Gasteiger charge is -2.36. The lowest BCUT2D eigenvalue weighted by Crippen LogP contribution is -2.42. The largest absolute Gasteiger partial charge is 0.489 e. The number of anilines is 2. The Labute approximate surface area is 166 Å². The fourth-order valence-corrected chi connectivity index (χ4v) is 3.36. The monoisotopic (exact) mass is 381 g/mol. The molecule has 1 N–H and O–H groups in total. The number of carbonyl (C=O) groups is 2. The molecule has 0 aliphatic carbocycles. The van der Waals surface area contributed by atoms with Gasteiger partial charge in [-0.2, -0.15) is 0 Å². The van der Waals surface area contributed by atoms with Crippen LogP contribution in [0.2, 0.25) is 0 Å². The number of hydrogen-bond acceptors (Lipinski definition) is 4. The molecule has 28 heavy (non-hydrogen) atoms. The van der Waals surface area contributed by atoms with Crippen LogP contribution in [0.3, 0.4) is 0 Å². The zero-order valence-electron chi connectivity index (χ0n) is 16.9. The molecule has 6 nitrogen and oxygen atoms in total. The Morgan fingerprint density at radius 1 is 1.21 bits per heavy atom. The number of benzene rings is 2. The van der Waals surface area contributed by atoms with Gasteiger partial charge in [-0.1, -0.05) is 25.1 Å². The molecule has 0 unspecified atom stereocenters. The summed E-state index contributed by atoms with van der Waals surface area (Å²) in [5.74, 6) is 0.614. The van der Waals surface area contributed by atoms with Crippen LogP contribution in [0.15, 0.2) is 42.5 Å². The maximum atomic E-state index is 12.6. The number of hydrogen-bond donors (Lipinski definition) is 1. The summed E-state index contributed by atoms with van der Waals surface area (Å²) in [6.07, 6.45) is 1.17. The highest BCUT2D eigenvalue weighted by Gasteiger charge is 2.28. The minimum absolute atomic E-state index is 0.0506. The Kier molecular flexibility index (Phi) is 5.87. The molecule has 0 saturated carbocycles. The molecule has 1 heterocycles. The SMILES string of the molecule is CCc1ccccc1NC(=O)C[C@H]1COc2ccc(C(=O)N(C)C)cc2N1C. The van der Waals surface area contributed by atoms with Gasteiger partial charge in [-0.05, 0) is 36.2 Å². The minimum atomic E-state index is -0.106.